The van der Waals surface area contributed by atoms with Gasteiger partial charge in [0, 0.05) is 6.54 Å². The Bertz CT molecular complexity index is 1140. The highest BCUT2D eigenvalue weighted by atomic mass is 32.2. The fraction of sp³-hybridized carbons (Fsp3) is 0.565. The van der Waals surface area contributed by atoms with Crippen LogP contribution in [0.2, 0.25) is 0 Å². The van der Waals surface area contributed by atoms with Gasteiger partial charge >= 0.3 is 6.18 Å². The first-order valence-corrected chi connectivity index (χ1v) is 13.4. The summed E-state index contributed by atoms with van der Waals surface area (Å²) in [6, 6.07) is 5.12. The van der Waals surface area contributed by atoms with Crippen molar-refractivity contribution < 1.29 is 30.8 Å². The van der Waals surface area contributed by atoms with E-state index < -0.39 is 39.5 Å². The molecule has 1 fully saturated rings. The van der Waals surface area contributed by atoms with Crippen LogP contribution in [0.1, 0.15) is 73.5 Å². The quantitative estimate of drug-likeness (QED) is 0.490. The first-order valence-electron chi connectivity index (χ1n) is 11.5. The van der Waals surface area contributed by atoms with Crippen LogP contribution in [0.5, 0.6) is 0 Å². The summed E-state index contributed by atoms with van der Waals surface area (Å²) in [6.45, 7) is 1.49. The van der Waals surface area contributed by atoms with Crippen molar-refractivity contribution in [1.82, 2.24) is 19.8 Å². The second-order valence-corrected chi connectivity index (χ2v) is 10.8. The van der Waals surface area contributed by atoms with Crippen molar-refractivity contribution in [3.05, 3.63) is 52.6 Å². The zero-order valence-corrected chi connectivity index (χ0v) is 20.5. The minimum Gasteiger partial charge on any atom is -0.350 e. The first-order chi connectivity index (χ1) is 16.3. The number of carbonyl (C=O) groups excluding carboxylic acids is 1. The maximum atomic E-state index is 14.5. The molecule has 0 saturated heterocycles. The molecule has 194 valence electrons. The minimum absolute atomic E-state index is 0.0414. The molecule has 0 bridgehead atoms. The first kappa shape index (κ1) is 27.1. The number of alkyl halides is 3. The molecule has 2 N–H and O–H groups in total. The summed E-state index contributed by atoms with van der Waals surface area (Å²) in [5.41, 5.74) is -0.00163. The summed E-state index contributed by atoms with van der Waals surface area (Å²) in [4.78, 5) is 12.7. The lowest BCUT2D eigenvalue weighted by Crippen LogP contribution is -2.29. The van der Waals surface area contributed by atoms with Gasteiger partial charge in [-0.2, -0.15) is 18.3 Å². The molecule has 1 amide bonds. The van der Waals surface area contributed by atoms with Crippen LogP contribution in [-0.4, -0.2) is 36.9 Å². The summed E-state index contributed by atoms with van der Waals surface area (Å²) < 4.78 is 80.3. The van der Waals surface area contributed by atoms with Crippen molar-refractivity contribution >= 4 is 15.9 Å². The highest BCUT2D eigenvalue weighted by Crippen LogP contribution is 2.33. The fourth-order valence-corrected chi connectivity index (χ4v) is 4.71. The summed E-state index contributed by atoms with van der Waals surface area (Å²) >= 11 is 0. The fourth-order valence-electron chi connectivity index (χ4n) is 4.23. The number of hydrogen-bond donors (Lipinski definition) is 2. The molecule has 0 spiro atoms. The molecule has 1 aromatic heterocycles. The lowest BCUT2D eigenvalue weighted by atomic mass is 9.95. The molecule has 1 aliphatic carbocycles. The molecule has 2 aromatic rings. The van der Waals surface area contributed by atoms with Crippen LogP contribution in [0.3, 0.4) is 0 Å². The van der Waals surface area contributed by atoms with E-state index in [0.29, 0.717) is 11.1 Å². The Morgan fingerprint density at radius 1 is 1.20 bits per heavy atom. The highest BCUT2D eigenvalue weighted by molar-refractivity contribution is 7.88. The van der Waals surface area contributed by atoms with E-state index >= 15 is 0 Å². The van der Waals surface area contributed by atoms with E-state index in [1.54, 1.807) is 13.0 Å². The second-order valence-electron chi connectivity index (χ2n) is 8.96. The Morgan fingerprint density at radius 2 is 1.89 bits per heavy atom. The van der Waals surface area contributed by atoms with Crippen molar-refractivity contribution in [3.63, 3.8) is 0 Å². The topological polar surface area (TPSA) is 93.1 Å². The molecular formula is C23H30F4N4O3S. The van der Waals surface area contributed by atoms with E-state index in [0.717, 1.165) is 44.4 Å². The van der Waals surface area contributed by atoms with E-state index in [9.17, 15) is 30.8 Å². The SMILES string of the molecule is CC(C(=O)NCc1cc(C(F)(F)F)nn1C1CCCCC1)c1ccc(CCNS(C)(=O)=O)c(F)c1. The summed E-state index contributed by atoms with van der Waals surface area (Å²) in [5, 5.41) is 6.46. The maximum absolute atomic E-state index is 14.5. The predicted octanol–water partition coefficient (Wildman–Crippen LogP) is 4.06. The molecule has 1 heterocycles. The Hall–Kier alpha value is -2.47. The van der Waals surface area contributed by atoms with E-state index in [1.807, 2.05) is 0 Å². The van der Waals surface area contributed by atoms with E-state index in [1.165, 1.54) is 16.8 Å². The van der Waals surface area contributed by atoms with Crippen LogP contribution in [0, 0.1) is 5.82 Å². The van der Waals surface area contributed by atoms with E-state index in [2.05, 4.69) is 15.1 Å². The third-order valence-electron chi connectivity index (χ3n) is 6.20. The van der Waals surface area contributed by atoms with Gasteiger partial charge in [0.05, 0.1) is 30.5 Å². The van der Waals surface area contributed by atoms with Gasteiger partial charge in [-0.1, -0.05) is 31.4 Å². The van der Waals surface area contributed by atoms with Gasteiger partial charge in [0.1, 0.15) is 5.82 Å². The third-order valence-corrected chi connectivity index (χ3v) is 6.93. The normalized spacial score (nSPS) is 16.3. The largest absolute Gasteiger partial charge is 0.435 e. The summed E-state index contributed by atoms with van der Waals surface area (Å²) in [5.74, 6) is -1.77. The number of halogens is 4. The molecule has 1 saturated carbocycles. The molecule has 1 aliphatic rings. The molecule has 1 aromatic carbocycles. The molecule has 3 rings (SSSR count). The zero-order valence-electron chi connectivity index (χ0n) is 19.7. The monoisotopic (exact) mass is 518 g/mol. The Morgan fingerprint density at radius 3 is 2.49 bits per heavy atom. The van der Waals surface area contributed by atoms with Gasteiger partial charge in [0.2, 0.25) is 15.9 Å². The number of benzene rings is 1. The lowest BCUT2D eigenvalue weighted by Gasteiger charge is -2.24. The van der Waals surface area contributed by atoms with Crippen molar-refractivity contribution in [3.8, 4) is 0 Å². The number of carbonyl (C=O) groups is 1. The van der Waals surface area contributed by atoms with Gasteiger partial charge in [0.15, 0.2) is 5.69 Å². The van der Waals surface area contributed by atoms with E-state index in [4.69, 9.17) is 0 Å². The van der Waals surface area contributed by atoms with Gasteiger partial charge in [-0.15, -0.1) is 0 Å². The van der Waals surface area contributed by atoms with Crippen molar-refractivity contribution in [2.24, 2.45) is 0 Å². The molecule has 7 nitrogen and oxygen atoms in total. The number of nitrogens with one attached hydrogen (secondary N) is 2. The number of hydrogen-bond acceptors (Lipinski definition) is 4. The van der Waals surface area contributed by atoms with Crippen LogP contribution < -0.4 is 10.0 Å². The highest BCUT2D eigenvalue weighted by Gasteiger charge is 2.36. The molecule has 0 aliphatic heterocycles. The van der Waals surface area contributed by atoms with Gasteiger partial charge in [-0.3, -0.25) is 9.48 Å². The molecule has 12 heteroatoms. The average Bonchev–Trinajstić information content (AvgIpc) is 3.23. The molecule has 35 heavy (non-hydrogen) atoms. The predicted molar refractivity (Wildman–Crippen MR) is 123 cm³/mol. The minimum atomic E-state index is -4.58. The maximum Gasteiger partial charge on any atom is 0.435 e. The van der Waals surface area contributed by atoms with Gasteiger partial charge in [0.25, 0.3) is 0 Å². The Balaban J connectivity index is 1.67. The molecular weight excluding hydrogens is 488 g/mol. The number of nitrogens with zero attached hydrogens (tertiary/aromatic N) is 2. The average molecular weight is 519 g/mol. The van der Waals surface area contributed by atoms with Crippen molar-refractivity contribution in [1.29, 1.82) is 0 Å². The molecule has 1 atom stereocenters. The molecule has 1 unspecified atom stereocenters. The van der Waals surface area contributed by atoms with Crippen LogP contribution in [0.25, 0.3) is 0 Å². The van der Waals surface area contributed by atoms with Crippen molar-refractivity contribution in [2.75, 3.05) is 12.8 Å². The number of aromatic nitrogens is 2. The standard InChI is InChI=1S/C23H30F4N4O3S/c1-15(17-9-8-16(20(24)12-17)10-11-29-35(2,33)34)22(32)28-14-19-13-21(23(25,26)27)30-31(19)18-6-4-3-5-7-18/h8-9,12-13,15,18,29H,3-7,10-11,14H2,1-2H3,(H,28,32). The number of amides is 1. The van der Waals surface area contributed by atoms with Gasteiger partial charge in [-0.05, 0) is 49.4 Å². The van der Waals surface area contributed by atoms with Crippen LogP contribution in [0.15, 0.2) is 24.3 Å². The Labute approximate surface area is 202 Å². The van der Waals surface area contributed by atoms with Crippen LogP contribution in [0.4, 0.5) is 17.6 Å². The smallest absolute Gasteiger partial charge is 0.350 e. The number of sulfonamides is 1. The van der Waals surface area contributed by atoms with Crippen LogP contribution >= 0.6 is 0 Å². The van der Waals surface area contributed by atoms with E-state index in [-0.39, 0.29) is 31.2 Å². The third kappa shape index (κ3) is 7.50. The summed E-state index contributed by atoms with van der Waals surface area (Å²) in [6.07, 6.45) is 0.925. The second kappa shape index (κ2) is 11.1. The lowest BCUT2D eigenvalue weighted by molar-refractivity contribution is -0.141. The molecule has 0 radical (unpaired) electrons. The van der Waals surface area contributed by atoms with Crippen LogP contribution in [-0.2, 0) is 34.0 Å². The number of rotatable bonds is 9. The Kier molecular flexibility index (Phi) is 8.58. The zero-order chi connectivity index (χ0) is 25.8. The van der Waals surface area contributed by atoms with Crippen molar-refractivity contribution in [2.45, 2.75) is 70.1 Å². The summed E-state index contributed by atoms with van der Waals surface area (Å²) in [7, 11) is -3.38. The van der Waals surface area contributed by atoms with Gasteiger partial charge in [-0.25, -0.2) is 17.5 Å². The van der Waals surface area contributed by atoms with Gasteiger partial charge < -0.3 is 5.32 Å².